The number of aliphatic hydroxyl groups is 1. The molecule has 2 aromatic rings. The summed E-state index contributed by atoms with van der Waals surface area (Å²) >= 11 is 0. The summed E-state index contributed by atoms with van der Waals surface area (Å²) in [5, 5.41) is 11.3. The van der Waals surface area contributed by atoms with Crippen molar-refractivity contribution < 1.29 is 19.4 Å². The molecule has 1 aromatic heterocycles. The normalized spacial score (nSPS) is 17.6. The highest BCUT2D eigenvalue weighted by atomic mass is 16.5. The average Bonchev–Trinajstić information content (AvgIpc) is 3.10. The van der Waals surface area contributed by atoms with Crippen molar-refractivity contribution in [2.45, 2.75) is 46.6 Å². The van der Waals surface area contributed by atoms with Gasteiger partial charge in [0.15, 0.2) is 0 Å². The van der Waals surface area contributed by atoms with Crippen molar-refractivity contribution in [2.24, 2.45) is 0 Å². The number of likely N-dealkylation sites (tertiary alicyclic amines) is 1. The van der Waals surface area contributed by atoms with Crippen LogP contribution in [0.3, 0.4) is 0 Å². The van der Waals surface area contributed by atoms with Crippen molar-refractivity contribution in [1.29, 1.82) is 0 Å². The van der Waals surface area contributed by atoms with Crippen LogP contribution in [0.1, 0.15) is 56.3 Å². The number of carbonyl (C=O) groups excluding carboxylic acids is 2. The van der Waals surface area contributed by atoms with Gasteiger partial charge in [-0.1, -0.05) is 33.3 Å². The van der Waals surface area contributed by atoms with Gasteiger partial charge in [-0.15, -0.1) is 0 Å². The number of Topliss-reactive ketones (excluding diaryl/α,β-unsaturated/α-hetero) is 1. The number of aryl methyl sites for hydroxylation is 1. The number of amides is 1. The standard InChI is InChI=1S/C27H35N3O4/c1-5-8-16-34-22-12-11-20(17-19(22)4)25(31)23-24(21-10-9-13-28-18-21)30(27(33)26(23)32)15-14-29(6-2)7-3/h9-13,17-18,24,31H,5-8,14-16H2,1-4H3/t24-/m0/s1. The molecule has 0 spiro atoms. The lowest BCUT2D eigenvalue weighted by atomic mass is 9.95. The van der Waals surface area contributed by atoms with Crippen LogP contribution in [0.2, 0.25) is 0 Å². The fourth-order valence-corrected chi connectivity index (χ4v) is 4.22. The minimum Gasteiger partial charge on any atom is -0.507 e. The van der Waals surface area contributed by atoms with Gasteiger partial charge in [-0.05, 0) is 61.8 Å². The van der Waals surface area contributed by atoms with E-state index in [1.165, 1.54) is 0 Å². The molecule has 3 rings (SSSR count). The number of aromatic nitrogens is 1. The minimum absolute atomic E-state index is 0.0941. The van der Waals surface area contributed by atoms with Crippen LogP contribution < -0.4 is 4.74 Å². The Morgan fingerprint density at radius 2 is 1.94 bits per heavy atom. The molecule has 34 heavy (non-hydrogen) atoms. The minimum atomic E-state index is -0.690. The Labute approximate surface area is 202 Å². The van der Waals surface area contributed by atoms with Gasteiger partial charge in [0.1, 0.15) is 11.5 Å². The number of nitrogens with zero attached hydrogens (tertiary/aromatic N) is 3. The molecule has 182 valence electrons. The van der Waals surface area contributed by atoms with Crippen molar-refractivity contribution in [1.82, 2.24) is 14.8 Å². The van der Waals surface area contributed by atoms with E-state index in [0.717, 1.165) is 37.2 Å². The number of ether oxygens (including phenoxy) is 1. The van der Waals surface area contributed by atoms with Crippen LogP contribution in [-0.4, -0.2) is 64.4 Å². The Balaban J connectivity index is 2.00. The predicted octanol–water partition coefficient (Wildman–Crippen LogP) is 4.33. The highest BCUT2D eigenvalue weighted by Crippen LogP contribution is 2.39. The van der Waals surface area contributed by atoms with E-state index in [-0.39, 0.29) is 11.3 Å². The maximum atomic E-state index is 13.2. The molecule has 7 nitrogen and oxygen atoms in total. The number of hydrogen-bond donors (Lipinski definition) is 1. The van der Waals surface area contributed by atoms with Crippen LogP contribution in [0.4, 0.5) is 0 Å². The van der Waals surface area contributed by atoms with Crippen molar-refractivity contribution in [3.63, 3.8) is 0 Å². The third-order valence-corrected chi connectivity index (χ3v) is 6.30. The fourth-order valence-electron chi connectivity index (χ4n) is 4.22. The fraction of sp³-hybridized carbons (Fsp3) is 0.444. The van der Waals surface area contributed by atoms with Gasteiger partial charge < -0.3 is 19.6 Å². The highest BCUT2D eigenvalue weighted by Gasteiger charge is 2.46. The van der Waals surface area contributed by atoms with E-state index < -0.39 is 17.7 Å². The van der Waals surface area contributed by atoms with Crippen molar-refractivity contribution in [3.05, 3.63) is 65.0 Å². The molecule has 1 fully saturated rings. The third-order valence-electron chi connectivity index (χ3n) is 6.30. The molecule has 2 heterocycles. The SMILES string of the molecule is CCCCOc1ccc(C(O)=C2C(=O)C(=O)N(CCN(CC)CC)[C@H]2c2cccnc2)cc1C. The first-order valence-electron chi connectivity index (χ1n) is 12.1. The Morgan fingerprint density at radius 3 is 2.56 bits per heavy atom. The number of ketones is 1. The monoisotopic (exact) mass is 465 g/mol. The van der Waals surface area contributed by atoms with E-state index in [0.29, 0.717) is 30.8 Å². The summed E-state index contributed by atoms with van der Waals surface area (Å²) < 4.78 is 5.82. The first-order chi connectivity index (χ1) is 16.4. The maximum absolute atomic E-state index is 13.2. The molecular weight excluding hydrogens is 430 g/mol. The molecule has 1 saturated heterocycles. The summed E-state index contributed by atoms with van der Waals surface area (Å²) in [6.45, 7) is 11.5. The van der Waals surface area contributed by atoms with E-state index in [1.54, 1.807) is 41.6 Å². The number of aliphatic hydroxyl groups excluding tert-OH is 1. The molecule has 1 aliphatic heterocycles. The molecule has 1 N–H and O–H groups in total. The van der Waals surface area contributed by atoms with Crippen LogP contribution >= 0.6 is 0 Å². The van der Waals surface area contributed by atoms with E-state index in [4.69, 9.17) is 4.74 Å². The number of likely N-dealkylation sites (N-methyl/N-ethyl adjacent to an activating group) is 1. The molecule has 0 unspecified atom stereocenters. The van der Waals surface area contributed by atoms with Crippen molar-refractivity contribution >= 4 is 17.4 Å². The van der Waals surface area contributed by atoms with Gasteiger partial charge in [0.2, 0.25) is 0 Å². The van der Waals surface area contributed by atoms with Crippen LogP contribution in [-0.2, 0) is 9.59 Å². The van der Waals surface area contributed by atoms with E-state index >= 15 is 0 Å². The summed E-state index contributed by atoms with van der Waals surface area (Å²) in [6, 6.07) is 8.23. The molecule has 1 atom stereocenters. The first-order valence-corrected chi connectivity index (χ1v) is 12.1. The molecule has 1 aromatic carbocycles. The zero-order valence-corrected chi connectivity index (χ0v) is 20.6. The van der Waals surface area contributed by atoms with Crippen LogP contribution in [0.15, 0.2) is 48.3 Å². The molecule has 7 heteroatoms. The number of unbranched alkanes of at least 4 members (excludes halogenated alkanes) is 1. The molecule has 1 aliphatic rings. The summed E-state index contributed by atoms with van der Waals surface area (Å²) in [5.41, 5.74) is 2.13. The number of hydrogen-bond acceptors (Lipinski definition) is 6. The summed E-state index contributed by atoms with van der Waals surface area (Å²) in [5.74, 6) is -0.708. The van der Waals surface area contributed by atoms with Crippen LogP contribution in [0.25, 0.3) is 5.76 Å². The van der Waals surface area contributed by atoms with Gasteiger partial charge >= 0.3 is 0 Å². The number of rotatable bonds is 11. The Hall–Kier alpha value is -3.19. The lowest BCUT2D eigenvalue weighted by Gasteiger charge is -2.28. The van der Waals surface area contributed by atoms with Gasteiger partial charge in [-0.25, -0.2) is 0 Å². The van der Waals surface area contributed by atoms with Gasteiger partial charge in [0.05, 0.1) is 18.2 Å². The zero-order valence-electron chi connectivity index (χ0n) is 20.6. The van der Waals surface area contributed by atoms with Gasteiger partial charge in [0.25, 0.3) is 11.7 Å². The van der Waals surface area contributed by atoms with Crippen molar-refractivity contribution in [3.8, 4) is 5.75 Å². The number of pyridine rings is 1. The maximum Gasteiger partial charge on any atom is 0.295 e. The second-order valence-electron chi connectivity index (χ2n) is 8.49. The number of benzene rings is 1. The van der Waals surface area contributed by atoms with E-state index in [9.17, 15) is 14.7 Å². The predicted molar refractivity (Wildman–Crippen MR) is 133 cm³/mol. The quantitative estimate of drug-likeness (QED) is 0.230. The molecule has 1 amide bonds. The Kier molecular flexibility index (Phi) is 8.82. The largest absolute Gasteiger partial charge is 0.507 e. The Morgan fingerprint density at radius 1 is 1.18 bits per heavy atom. The Bertz CT molecular complexity index is 1030. The van der Waals surface area contributed by atoms with Crippen molar-refractivity contribution in [2.75, 3.05) is 32.8 Å². The van der Waals surface area contributed by atoms with E-state index in [2.05, 4.69) is 30.7 Å². The van der Waals surface area contributed by atoms with Gasteiger partial charge in [-0.2, -0.15) is 0 Å². The second-order valence-corrected chi connectivity index (χ2v) is 8.49. The molecule has 0 aliphatic carbocycles. The molecule has 0 saturated carbocycles. The average molecular weight is 466 g/mol. The first kappa shape index (κ1) is 25.4. The molecule has 0 radical (unpaired) electrons. The molecule has 0 bridgehead atoms. The smallest absolute Gasteiger partial charge is 0.295 e. The van der Waals surface area contributed by atoms with Gasteiger partial charge in [0, 0.05) is 31.0 Å². The summed E-state index contributed by atoms with van der Waals surface area (Å²) in [7, 11) is 0. The van der Waals surface area contributed by atoms with Crippen LogP contribution in [0.5, 0.6) is 5.75 Å². The summed E-state index contributed by atoms with van der Waals surface area (Å²) in [4.78, 5) is 34.2. The topological polar surface area (TPSA) is 83.0 Å². The lowest BCUT2D eigenvalue weighted by molar-refractivity contribution is -0.140. The zero-order chi connectivity index (χ0) is 24.7. The summed E-state index contributed by atoms with van der Waals surface area (Å²) in [6.07, 6.45) is 5.29. The third kappa shape index (κ3) is 5.47. The van der Waals surface area contributed by atoms with Gasteiger partial charge in [-0.3, -0.25) is 14.6 Å². The molecular formula is C27H35N3O4. The number of carbonyl (C=O) groups is 2. The van der Waals surface area contributed by atoms with E-state index in [1.807, 2.05) is 13.0 Å². The van der Waals surface area contributed by atoms with Crippen LogP contribution in [0, 0.1) is 6.92 Å². The second kappa shape index (κ2) is 11.8. The highest BCUT2D eigenvalue weighted by molar-refractivity contribution is 6.46. The lowest BCUT2D eigenvalue weighted by Crippen LogP contribution is -2.38.